The van der Waals surface area contributed by atoms with Gasteiger partial charge in [0.15, 0.2) is 0 Å². The van der Waals surface area contributed by atoms with Crippen LogP contribution in [0.15, 0.2) is 40.9 Å². The van der Waals surface area contributed by atoms with Crippen LogP contribution in [0.4, 0.5) is 0 Å². The number of piperidine rings is 1. The van der Waals surface area contributed by atoms with Crippen LogP contribution >= 0.6 is 15.9 Å². The molecule has 3 atom stereocenters. The molecule has 3 unspecified atom stereocenters. The summed E-state index contributed by atoms with van der Waals surface area (Å²) in [6.45, 7) is 2.05. The first-order chi connectivity index (χ1) is 14.2. The van der Waals surface area contributed by atoms with Crippen LogP contribution in [0.25, 0.3) is 0 Å². The van der Waals surface area contributed by atoms with Crippen molar-refractivity contribution in [3.05, 3.63) is 46.5 Å². The van der Waals surface area contributed by atoms with Crippen molar-refractivity contribution >= 4 is 33.8 Å². The molecule has 2 saturated heterocycles. The lowest BCUT2D eigenvalue weighted by Gasteiger charge is -2.36. The van der Waals surface area contributed by atoms with Gasteiger partial charge in [-0.2, -0.15) is 0 Å². The average Bonchev–Trinajstić information content (AvgIpc) is 2.90. The van der Waals surface area contributed by atoms with Crippen LogP contribution in [0, 0.1) is 0 Å². The highest BCUT2D eigenvalue weighted by Gasteiger charge is 2.40. The summed E-state index contributed by atoms with van der Waals surface area (Å²) in [5.41, 5.74) is 1.05. The van der Waals surface area contributed by atoms with E-state index in [4.69, 9.17) is 14.9 Å². The summed E-state index contributed by atoms with van der Waals surface area (Å²) in [4.78, 5) is 34.2. The molecule has 2 aliphatic rings. The first kappa shape index (κ1) is 24.1. The maximum atomic E-state index is 12.6. The van der Waals surface area contributed by atoms with Crippen LogP contribution in [0.1, 0.15) is 50.5 Å². The SMILES string of the molecule is CCC(C(=O)OC1CC2CCC(C1)N2C)c1ccc(Br)cc1.O=C(O)/C=C\C(=O)O. The van der Waals surface area contributed by atoms with Crippen molar-refractivity contribution in [1.29, 1.82) is 0 Å². The molecule has 1 aromatic carbocycles. The van der Waals surface area contributed by atoms with Crippen molar-refractivity contribution in [3.63, 3.8) is 0 Å². The van der Waals surface area contributed by atoms with E-state index in [9.17, 15) is 14.4 Å². The maximum absolute atomic E-state index is 12.6. The molecule has 2 N–H and O–H groups in total. The molecule has 2 heterocycles. The molecule has 2 aliphatic heterocycles. The number of halogens is 1. The Hall–Kier alpha value is -2.19. The first-order valence-electron chi connectivity index (χ1n) is 10.0. The fourth-order valence-electron chi connectivity index (χ4n) is 4.08. The van der Waals surface area contributed by atoms with Gasteiger partial charge in [0.25, 0.3) is 0 Å². The zero-order valence-corrected chi connectivity index (χ0v) is 18.7. The highest BCUT2D eigenvalue weighted by atomic mass is 79.9. The predicted octanol–water partition coefficient (Wildman–Crippen LogP) is 3.82. The van der Waals surface area contributed by atoms with Crippen molar-refractivity contribution in [2.75, 3.05) is 7.05 Å². The number of carbonyl (C=O) groups excluding carboxylic acids is 1. The molecule has 0 amide bonds. The molecule has 30 heavy (non-hydrogen) atoms. The number of carboxylic acid groups (broad SMARTS) is 2. The van der Waals surface area contributed by atoms with Crippen LogP contribution < -0.4 is 0 Å². The summed E-state index contributed by atoms with van der Waals surface area (Å²) in [6.07, 6.45) is 6.49. The third-order valence-electron chi connectivity index (χ3n) is 5.67. The second kappa shape index (κ2) is 11.3. The maximum Gasteiger partial charge on any atom is 0.328 e. The predicted molar refractivity (Wildman–Crippen MR) is 115 cm³/mol. The van der Waals surface area contributed by atoms with E-state index in [0.717, 1.165) is 29.3 Å². The molecular weight excluding hydrogens is 454 g/mol. The van der Waals surface area contributed by atoms with Crippen molar-refractivity contribution in [1.82, 2.24) is 4.90 Å². The minimum atomic E-state index is -1.26. The van der Waals surface area contributed by atoms with E-state index in [0.29, 0.717) is 24.2 Å². The van der Waals surface area contributed by atoms with E-state index in [1.54, 1.807) is 0 Å². The van der Waals surface area contributed by atoms with Crippen LogP contribution in [0.2, 0.25) is 0 Å². The summed E-state index contributed by atoms with van der Waals surface area (Å²) in [5, 5.41) is 15.6. The molecule has 0 spiro atoms. The lowest BCUT2D eigenvalue weighted by molar-refractivity contribution is -0.154. The van der Waals surface area contributed by atoms with Gasteiger partial charge in [-0.15, -0.1) is 0 Å². The number of fused-ring (bicyclic) bond motifs is 2. The summed E-state index contributed by atoms with van der Waals surface area (Å²) >= 11 is 3.44. The van der Waals surface area contributed by atoms with Crippen molar-refractivity contribution in [2.24, 2.45) is 0 Å². The van der Waals surface area contributed by atoms with Gasteiger partial charge in [-0.1, -0.05) is 35.0 Å². The third-order valence-corrected chi connectivity index (χ3v) is 6.20. The first-order valence-corrected chi connectivity index (χ1v) is 10.8. The Morgan fingerprint density at radius 1 is 1.10 bits per heavy atom. The fourth-order valence-corrected chi connectivity index (χ4v) is 4.34. The van der Waals surface area contributed by atoms with E-state index in [-0.39, 0.29) is 18.0 Å². The topological polar surface area (TPSA) is 104 Å². The van der Waals surface area contributed by atoms with Crippen molar-refractivity contribution in [2.45, 2.75) is 63.1 Å². The number of hydrogen-bond acceptors (Lipinski definition) is 5. The van der Waals surface area contributed by atoms with E-state index < -0.39 is 11.9 Å². The van der Waals surface area contributed by atoms with Gasteiger partial charge in [-0.25, -0.2) is 9.59 Å². The Balaban J connectivity index is 0.000000343. The van der Waals surface area contributed by atoms with Gasteiger partial charge in [0.05, 0.1) is 5.92 Å². The van der Waals surface area contributed by atoms with Crippen LogP contribution in [-0.2, 0) is 19.1 Å². The zero-order chi connectivity index (χ0) is 22.3. The Bertz CT molecular complexity index is 748. The van der Waals surface area contributed by atoms with Gasteiger partial charge in [-0.3, -0.25) is 4.79 Å². The molecule has 0 aliphatic carbocycles. The molecule has 7 nitrogen and oxygen atoms in total. The Morgan fingerprint density at radius 2 is 1.60 bits per heavy atom. The highest BCUT2D eigenvalue weighted by Crippen LogP contribution is 2.36. The number of nitrogens with zero attached hydrogens (tertiary/aromatic N) is 1. The molecule has 2 bridgehead atoms. The second-order valence-corrected chi connectivity index (χ2v) is 8.52. The molecule has 8 heteroatoms. The third kappa shape index (κ3) is 6.95. The summed E-state index contributed by atoms with van der Waals surface area (Å²) in [5.74, 6) is -2.72. The summed E-state index contributed by atoms with van der Waals surface area (Å²) < 4.78 is 6.91. The summed E-state index contributed by atoms with van der Waals surface area (Å²) in [6, 6.07) is 9.20. The van der Waals surface area contributed by atoms with Gasteiger partial charge in [0, 0.05) is 28.7 Å². The van der Waals surface area contributed by atoms with Crippen LogP contribution in [0.3, 0.4) is 0 Å². The molecule has 0 saturated carbocycles. The molecular formula is C22H28BrNO6. The molecule has 164 valence electrons. The lowest BCUT2D eigenvalue weighted by atomic mass is 9.96. The Morgan fingerprint density at radius 3 is 2.03 bits per heavy atom. The number of esters is 1. The number of hydrogen-bond donors (Lipinski definition) is 2. The normalized spacial score (nSPS) is 24.0. The van der Waals surface area contributed by atoms with Gasteiger partial charge < -0.3 is 19.8 Å². The number of carbonyl (C=O) groups is 3. The zero-order valence-electron chi connectivity index (χ0n) is 17.2. The van der Waals surface area contributed by atoms with Gasteiger partial charge >= 0.3 is 17.9 Å². The second-order valence-electron chi connectivity index (χ2n) is 7.60. The number of carboxylic acids is 2. The van der Waals surface area contributed by atoms with Crippen LogP contribution in [-0.4, -0.2) is 58.3 Å². The number of ether oxygens (including phenoxy) is 1. The standard InChI is InChI=1S/C18H24BrNO2.C4H4O4/c1-3-17(12-4-6-13(19)7-5-12)18(21)22-16-10-14-8-9-15(11-16)20(14)2;5-3(6)1-2-4(7)8/h4-7,14-17H,3,8-11H2,1-2H3;1-2H,(H,5,6)(H,7,8)/b;2-1-. The molecule has 1 aromatic rings. The van der Waals surface area contributed by atoms with E-state index in [1.165, 1.54) is 12.8 Å². The van der Waals surface area contributed by atoms with E-state index in [1.807, 2.05) is 31.2 Å². The molecule has 0 radical (unpaired) electrons. The van der Waals surface area contributed by atoms with Crippen LogP contribution in [0.5, 0.6) is 0 Å². The summed E-state index contributed by atoms with van der Waals surface area (Å²) in [7, 11) is 2.21. The highest BCUT2D eigenvalue weighted by molar-refractivity contribution is 9.10. The smallest absolute Gasteiger partial charge is 0.328 e. The number of benzene rings is 1. The minimum Gasteiger partial charge on any atom is -0.478 e. The van der Waals surface area contributed by atoms with Gasteiger partial charge in [0.2, 0.25) is 0 Å². The Labute approximate surface area is 184 Å². The molecule has 3 rings (SSSR count). The number of rotatable bonds is 6. The molecule has 2 fully saturated rings. The van der Waals surface area contributed by atoms with Gasteiger partial charge in [0.1, 0.15) is 6.10 Å². The largest absolute Gasteiger partial charge is 0.478 e. The quantitative estimate of drug-likeness (QED) is 0.469. The monoisotopic (exact) mass is 481 g/mol. The lowest BCUT2D eigenvalue weighted by Crippen LogP contribution is -2.43. The minimum absolute atomic E-state index is 0.0567. The van der Waals surface area contributed by atoms with Crippen molar-refractivity contribution in [3.8, 4) is 0 Å². The Kier molecular flexibility index (Phi) is 9.05. The molecule has 0 aromatic heterocycles. The average molecular weight is 482 g/mol. The van der Waals surface area contributed by atoms with Crippen molar-refractivity contribution < 1.29 is 29.3 Å². The van der Waals surface area contributed by atoms with E-state index in [2.05, 4.69) is 27.9 Å². The number of aliphatic carboxylic acids is 2. The fraction of sp³-hybridized carbons (Fsp3) is 0.500. The van der Waals surface area contributed by atoms with Gasteiger partial charge in [-0.05, 0) is 56.8 Å². The van der Waals surface area contributed by atoms with E-state index >= 15 is 0 Å².